The van der Waals surface area contributed by atoms with Gasteiger partial charge in [-0.3, -0.25) is 9.00 Å². The molecule has 0 saturated heterocycles. The number of hydrogen-bond donors (Lipinski definition) is 1. The zero-order chi connectivity index (χ0) is 18.6. The van der Waals surface area contributed by atoms with Gasteiger partial charge in [0.2, 0.25) is 5.91 Å². The minimum Gasteiger partial charge on any atom is -0.772 e. The molecule has 0 aromatic carbocycles. The predicted molar refractivity (Wildman–Crippen MR) is 106 cm³/mol. The molecule has 0 fully saturated rings. The molecule has 0 aliphatic heterocycles. The molecule has 148 valence electrons. The molecule has 0 saturated carbocycles. The topological polar surface area (TPSA) is 69.2 Å². The standard InChI is InChI=1S/C20H39NO3S.Na/c1-2-3-4-5-6-7-8-9-10-11-12-13-14-15-16-17-20(22)21-18-19-25(23)24;/h9-10H,2-8,11-19H2,1H3,(H,21,22)(H,23,24);/q;+1/p-1/b10-9-;. The van der Waals surface area contributed by atoms with E-state index in [1.165, 1.54) is 70.6 Å². The Morgan fingerprint density at radius 3 is 1.92 bits per heavy atom. The van der Waals surface area contributed by atoms with Crippen molar-refractivity contribution in [3.05, 3.63) is 12.2 Å². The van der Waals surface area contributed by atoms with Crippen molar-refractivity contribution in [1.82, 2.24) is 5.32 Å². The summed E-state index contributed by atoms with van der Waals surface area (Å²) in [5.41, 5.74) is 0. The Hall–Kier alpha value is 0.320. The van der Waals surface area contributed by atoms with E-state index in [0.717, 1.165) is 12.8 Å². The molecule has 0 aliphatic carbocycles. The van der Waals surface area contributed by atoms with Gasteiger partial charge in [-0.15, -0.1) is 0 Å². The number of amides is 1. The van der Waals surface area contributed by atoms with Crippen molar-refractivity contribution < 1.29 is 43.1 Å². The molecule has 0 aromatic rings. The van der Waals surface area contributed by atoms with Gasteiger partial charge in [0.15, 0.2) is 0 Å². The molecule has 0 radical (unpaired) electrons. The van der Waals surface area contributed by atoms with Gasteiger partial charge in [-0.2, -0.15) is 0 Å². The van der Waals surface area contributed by atoms with Crippen LogP contribution in [-0.2, 0) is 15.9 Å². The Balaban J connectivity index is 0. The molecular weight excluding hydrogens is 357 g/mol. The van der Waals surface area contributed by atoms with Gasteiger partial charge in [-0.25, -0.2) is 0 Å². The number of carbonyl (C=O) groups is 1. The fraction of sp³-hybridized carbons (Fsp3) is 0.850. The predicted octanol–water partition coefficient (Wildman–Crippen LogP) is 2.02. The molecular formula is C20H38NNaO3S. The van der Waals surface area contributed by atoms with E-state index in [-0.39, 0.29) is 47.8 Å². The molecule has 4 nitrogen and oxygen atoms in total. The van der Waals surface area contributed by atoms with E-state index >= 15 is 0 Å². The van der Waals surface area contributed by atoms with Gasteiger partial charge in [0, 0.05) is 18.7 Å². The molecule has 0 aliphatic rings. The van der Waals surface area contributed by atoms with Gasteiger partial charge in [-0.1, -0.05) is 81.5 Å². The van der Waals surface area contributed by atoms with Gasteiger partial charge >= 0.3 is 29.6 Å². The first kappa shape index (κ1) is 28.5. The minimum absolute atomic E-state index is 0. The van der Waals surface area contributed by atoms with Crippen LogP contribution in [0.1, 0.15) is 96.8 Å². The van der Waals surface area contributed by atoms with Gasteiger partial charge in [0.1, 0.15) is 0 Å². The fourth-order valence-electron chi connectivity index (χ4n) is 2.72. The summed E-state index contributed by atoms with van der Waals surface area (Å²) in [6, 6.07) is 0. The Kier molecular flexibility index (Phi) is 25.6. The third-order valence-corrected chi connectivity index (χ3v) is 4.79. The van der Waals surface area contributed by atoms with Gasteiger partial charge in [0.05, 0.1) is 0 Å². The summed E-state index contributed by atoms with van der Waals surface area (Å²) < 4.78 is 20.7. The number of carbonyl (C=O) groups excluding carboxylic acids is 1. The minimum atomic E-state index is -2.07. The quantitative estimate of drug-likeness (QED) is 0.167. The van der Waals surface area contributed by atoms with Crippen LogP contribution in [0.2, 0.25) is 0 Å². The second-order valence-electron chi connectivity index (χ2n) is 6.69. The van der Waals surface area contributed by atoms with E-state index in [1.54, 1.807) is 0 Å². The molecule has 0 bridgehead atoms. The summed E-state index contributed by atoms with van der Waals surface area (Å²) in [7, 11) is 0. The van der Waals surface area contributed by atoms with Crippen LogP contribution in [0.4, 0.5) is 0 Å². The zero-order valence-corrected chi connectivity index (χ0v) is 19.9. The average Bonchev–Trinajstić information content (AvgIpc) is 2.58. The molecule has 0 spiro atoms. The van der Waals surface area contributed by atoms with E-state index in [4.69, 9.17) is 0 Å². The molecule has 0 rings (SSSR count). The summed E-state index contributed by atoms with van der Waals surface area (Å²) in [5, 5.41) is 2.62. The maximum Gasteiger partial charge on any atom is 1.00 e. The smallest absolute Gasteiger partial charge is 0.772 e. The van der Waals surface area contributed by atoms with E-state index < -0.39 is 11.1 Å². The maximum atomic E-state index is 11.4. The number of hydrogen-bond acceptors (Lipinski definition) is 3. The van der Waals surface area contributed by atoms with Crippen molar-refractivity contribution in [2.45, 2.75) is 96.8 Å². The van der Waals surface area contributed by atoms with Crippen molar-refractivity contribution in [2.24, 2.45) is 0 Å². The monoisotopic (exact) mass is 395 g/mol. The summed E-state index contributed by atoms with van der Waals surface area (Å²) in [5.74, 6) is -0.0407. The van der Waals surface area contributed by atoms with Gasteiger partial charge < -0.3 is 9.87 Å². The molecule has 1 unspecified atom stereocenters. The second kappa shape index (κ2) is 23.4. The average molecular weight is 396 g/mol. The maximum absolute atomic E-state index is 11.4. The fourth-order valence-corrected chi connectivity index (χ4v) is 2.99. The van der Waals surface area contributed by atoms with E-state index in [0.29, 0.717) is 6.42 Å². The van der Waals surface area contributed by atoms with Crippen molar-refractivity contribution in [3.63, 3.8) is 0 Å². The summed E-state index contributed by atoms with van der Waals surface area (Å²) in [4.78, 5) is 11.4. The Morgan fingerprint density at radius 1 is 0.885 bits per heavy atom. The molecule has 6 heteroatoms. The Bertz CT molecular complexity index is 365. The first-order valence-electron chi connectivity index (χ1n) is 10.1. The van der Waals surface area contributed by atoms with Crippen molar-refractivity contribution in [2.75, 3.05) is 12.3 Å². The van der Waals surface area contributed by atoms with Crippen molar-refractivity contribution >= 4 is 17.0 Å². The van der Waals surface area contributed by atoms with E-state index in [1.807, 2.05) is 0 Å². The van der Waals surface area contributed by atoms with Crippen LogP contribution >= 0.6 is 0 Å². The summed E-state index contributed by atoms with van der Waals surface area (Å²) in [6.07, 6.45) is 21.3. The van der Waals surface area contributed by atoms with Crippen molar-refractivity contribution in [1.29, 1.82) is 0 Å². The zero-order valence-electron chi connectivity index (χ0n) is 17.1. The van der Waals surface area contributed by atoms with E-state index in [9.17, 15) is 13.6 Å². The van der Waals surface area contributed by atoms with Crippen molar-refractivity contribution in [3.8, 4) is 0 Å². The van der Waals surface area contributed by atoms with Crippen LogP contribution in [-0.4, -0.2) is 27.0 Å². The summed E-state index contributed by atoms with van der Waals surface area (Å²) >= 11 is -2.07. The molecule has 26 heavy (non-hydrogen) atoms. The third kappa shape index (κ3) is 24.3. The number of rotatable bonds is 18. The Labute approximate surface area is 185 Å². The van der Waals surface area contributed by atoms with Crippen LogP contribution in [0, 0.1) is 0 Å². The van der Waals surface area contributed by atoms with E-state index in [2.05, 4.69) is 24.4 Å². The second-order valence-corrected chi connectivity index (χ2v) is 7.71. The van der Waals surface area contributed by atoms with Crippen LogP contribution in [0.25, 0.3) is 0 Å². The molecule has 1 amide bonds. The van der Waals surface area contributed by atoms with Crippen LogP contribution in [0.15, 0.2) is 12.2 Å². The largest absolute Gasteiger partial charge is 1.00 e. The summed E-state index contributed by atoms with van der Waals surface area (Å²) in [6.45, 7) is 2.48. The normalized spacial score (nSPS) is 12.1. The Morgan fingerprint density at radius 2 is 1.38 bits per heavy atom. The van der Waals surface area contributed by atoms with Crippen LogP contribution in [0.3, 0.4) is 0 Å². The third-order valence-electron chi connectivity index (χ3n) is 4.26. The SMILES string of the molecule is CCCCCCCC/C=C\CCCCCCCC(=O)NCCS(=O)[O-].[Na+]. The molecule has 1 atom stereocenters. The number of allylic oxidation sites excluding steroid dienone is 2. The first-order chi connectivity index (χ1) is 12.2. The molecule has 0 heterocycles. The molecule has 0 aromatic heterocycles. The van der Waals surface area contributed by atoms with Crippen LogP contribution in [0.5, 0.6) is 0 Å². The van der Waals surface area contributed by atoms with Crippen LogP contribution < -0.4 is 34.9 Å². The number of nitrogens with one attached hydrogen (secondary N) is 1. The number of unbranched alkanes of at least 4 members (excludes halogenated alkanes) is 11. The van der Waals surface area contributed by atoms with Gasteiger partial charge in [0.25, 0.3) is 0 Å². The van der Waals surface area contributed by atoms with Gasteiger partial charge in [-0.05, 0) is 32.1 Å². The molecule has 1 N–H and O–H groups in total. The first-order valence-corrected chi connectivity index (χ1v) is 11.4.